The monoisotopic (exact) mass is 704 g/mol. The first-order valence-corrected chi connectivity index (χ1v) is 18.7. The van der Waals surface area contributed by atoms with Gasteiger partial charge in [0.25, 0.3) is 0 Å². The summed E-state index contributed by atoms with van der Waals surface area (Å²) >= 11 is 0. The summed E-state index contributed by atoms with van der Waals surface area (Å²) in [5, 5.41) is 4.84. The maximum absolute atomic E-state index is 6.94. The van der Waals surface area contributed by atoms with E-state index in [4.69, 9.17) is 9.72 Å². The lowest BCUT2D eigenvalue weighted by molar-refractivity contribution is 0.336. The van der Waals surface area contributed by atoms with E-state index in [1.54, 1.807) is 0 Å². The Bertz CT molecular complexity index is 3240. The van der Waals surface area contributed by atoms with E-state index >= 15 is 0 Å². The number of fused-ring (bicyclic) bond motifs is 10. The van der Waals surface area contributed by atoms with Crippen LogP contribution in [0.15, 0.2) is 194 Å². The van der Waals surface area contributed by atoms with E-state index in [0.717, 1.165) is 55.9 Å². The molecule has 11 aromatic rings. The Balaban J connectivity index is 1.16. The molecule has 5 heteroatoms. The van der Waals surface area contributed by atoms with E-state index in [1.807, 2.05) is 6.07 Å². The zero-order chi connectivity index (χ0) is 36.1. The number of benzene rings is 8. The summed E-state index contributed by atoms with van der Waals surface area (Å²) in [5.74, 6) is 0.778. The van der Waals surface area contributed by atoms with Gasteiger partial charge in [-0.2, -0.15) is 4.98 Å². The van der Waals surface area contributed by atoms with Gasteiger partial charge in [0, 0.05) is 44.5 Å². The van der Waals surface area contributed by atoms with E-state index in [1.165, 1.54) is 32.6 Å². The minimum Gasteiger partial charge on any atom is -0.425 e. The molecule has 3 aromatic heterocycles. The van der Waals surface area contributed by atoms with Crippen molar-refractivity contribution in [3.63, 3.8) is 0 Å². The molecule has 55 heavy (non-hydrogen) atoms. The number of hydrogen-bond donors (Lipinski definition) is 0. The number of rotatable bonds is 4. The lowest BCUT2D eigenvalue weighted by Gasteiger charge is -2.42. The van der Waals surface area contributed by atoms with E-state index in [0.29, 0.717) is 6.01 Å². The van der Waals surface area contributed by atoms with Crippen molar-refractivity contribution >= 4 is 54.6 Å². The van der Waals surface area contributed by atoms with Crippen molar-refractivity contribution in [3.05, 3.63) is 211 Å². The third kappa shape index (κ3) is 4.09. The highest BCUT2D eigenvalue weighted by Gasteiger charge is 2.46. The molecular formula is C50H32N4O. The zero-order valence-electron chi connectivity index (χ0n) is 29.7. The second-order valence-electron chi connectivity index (χ2n) is 14.4. The number of nitrogens with zero attached hydrogens (tertiary/aromatic N) is 4. The third-order valence-corrected chi connectivity index (χ3v) is 11.5. The first-order valence-electron chi connectivity index (χ1n) is 18.7. The fourth-order valence-corrected chi connectivity index (χ4v) is 9.31. The summed E-state index contributed by atoms with van der Waals surface area (Å²) in [5.41, 5.74) is 11.3. The molecule has 12 rings (SSSR count). The fourth-order valence-electron chi connectivity index (χ4n) is 9.31. The molecular weight excluding hydrogens is 673 g/mol. The van der Waals surface area contributed by atoms with Crippen molar-refractivity contribution in [2.24, 2.45) is 0 Å². The molecule has 1 aliphatic heterocycles. The fraction of sp³-hybridized carbons (Fsp3) is 0.0200. The van der Waals surface area contributed by atoms with Gasteiger partial charge in [-0.3, -0.25) is 4.57 Å². The van der Waals surface area contributed by atoms with Crippen LogP contribution in [0.25, 0.3) is 66.0 Å². The van der Waals surface area contributed by atoms with Gasteiger partial charge in [0.2, 0.25) is 0 Å². The minimum absolute atomic E-state index is 0.566. The highest BCUT2D eigenvalue weighted by molar-refractivity contribution is 6.19. The Hall–Kier alpha value is -7.37. The highest BCUT2D eigenvalue weighted by Crippen LogP contribution is 2.53. The lowest BCUT2D eigenvalue weighted by atomic mass is 9.75. The molecule has 0 N–H and O–H groups in total. The van der Waals surface area contributed by atoms with Gasteiger partial charge in [-0.1, -0.05) is 133 Å². The summed E-state index contributed by atoms with van der Waals surface area (Å²) in [6, 6.07) is 70.0. The van der Waals surface area contributed by atoms with Crippen molar-refractivity contribution < 1.29 is 4.74 Å². The summed E-state index contributed by atoms with van der Waals surface area (Å²) < 4.78 is 14.0. The van der Waals surface area contributed by atoms with Crippen molar-refractivity contribution in [2.75, 3.05) is 0 Å². The molecule has 0 radical (unpaired) electrons. The summed E-state index contributed by atoms with van der Waals surface area (Å²) in [7, 11) is 0. The number of para-hydroxylation sites is 5. The molecule has 1 aliphatic rings. The van der Waals surface area contributed by atoms with E-state index in [2.05, 4.69) is 202 Å². The van der Waals surface area contributed by atoms with Crippen molar-refractivity contribution in [1.82, 2.24) is 18.7 Å². The molecule has 4 heterocycles. The van der Waals surface area contributed by atoms with Crippen LogP contribution in [0.2, 0.25) is 0 Å². The molecule has 258 valence electrons. The van der Waals surface area contributed by atoms with Crippen molar-refractivity contribution in [2.45, 2.75) is 5.54 Å². The van der Waals surface area contributed by atoms with Gasteiger partial charge in [0.1, 0.15) is 11.3 Å². The molecule has 0 amide bonds. The molecule has 0 unspecified atom stereocenters. The lowest BCUT2D eigenvalue weighted by Crippen LogP contribution is -2.40. The van der Waals surface area contributed by atoms with Gasteiger partial charge in [0.15, 0.2) is 0 Å². The van der Waals surface area contributed by atoms with Gasteiger partial charge in [0.05, 0.1) is 33.1 Å². The van der Waals surface area contributed by atoms with E-state index in [-0.39, 0.29) is 0 Å². The molecule has 0 bridgehead atoms. The smallest absolute Gasteiger partial charge is 0.304 e. The third-order valence-electron chi connectivity index (χ3n) is 11.5. The van der Waals surface area contributed by atoms with Crippen LogP contribution in [-0.2, 0) is 5.54 Å². The molecule has 0 aliphatic carbocycles. The maximum Gasteiger partial charge on any atom is 0.304 e. The molecule has 8 aromatic carbocycles. The largest absolute Gasteiger partial charge is 0.425 e. The predicted octanol–water partition coefficient (Wildman–Crippen LogP) is 12.2. The van der Waals surface area contributed by atoms with Crippen molar-refractivity contribution in [1.29, 1.82) is 0 Å². The Morgan fingerprint density at radius 2 is 0.909 bits per heavy atom. The molecule has 0 fully saturated rings. The summed E-state index contributed by atoms with van der Waals surface area (Å²) in [6.45, 7) is 0. The van der Waals surface area contributed by atoms with Crippen LogP contribution in [0.1, 0.15) is 16.7 Å². The number of hydrogen-bond acceptors (Lipinski definition) is 2. The Morgan fingerprint density at radius 1 is 0.400 bits per heavy atom. The normalized spacial score (nSPS) is 13.4. The standard InChI is InChI=1S/C50H32N4O/c1-4-16-33(17-5-1)50(34-18-6-2-7-19-34)41-29-28-36(30-48(41)55-49-51-42-24-12-15-27-45(42)54(49)50)53-44-26-14-11-23-38(44)40-31-46-39(32-47(40)53)37-22-10-13-25-43(37)52(46)35-20-8-3-9-21-35/h1-32H. The average molecular weight is 705 g/mol. The van der Waals surface area contributed by atoms with Crippen LogP contribution in [0.5, 0.6) is 11.8 Å². The first-order chi connectivity index (χ1) is 27.3. The number of aromatic nitrogens is 4. The minimum atomic E-state index is -0.744. The quantitative estimate of drug-likeness (QED) is 0.183. The van der Waals surface area contributed by atoms with Crippen LogP contribution in [-0.4, -0.2) is 18.7 Å². The van der Waals surface area contributed by atoms with Gasteiger partial charge < -0.3 is 13.9 Å². The molecule has 0 saturated carbocycles. The number of imidazole rings is 1. The second kappa shape index (κ2) is 11.3. The maximum atomic E-state index is 6.94. The second-order valence-corrected chi connectivity index (χ2v) is 14.4. The predicted molar refractivity (Wildman–Crippen MR) is 223 cm³/mol. The summed E-state index contributed by atoms with van der Waals surface area (Å²) in [6.07, 6.45) is 0. The van der Waals surface area contributed by atoms with Gasteiger partial charge >= 0.3 is 6.01 Å². The molecule has 0 atom stereocenters. The van der Waals surface area contributed by atoms with Crippen molar-refractivity contribution in [3.8, 4) is 23.1 Å². The number of ether oxygens (including phenoxy) is 1. The highest BCUT2D eigenvalue weighted by atomic mass is 16.5. The van der Waals surface area contributed by atoms with Gasteiger partial charge in [-0.25, -0.2) is 0 Å². The van der Waals surface area contributed by atoms with E-state index in [9.17, 15) is 0 Å². The molecule has 5 nitrogen and oxygen atoms in total. The molecule has 0 spiro atoms. The SMILES string of the molecule is c1ccc(-n2c3ccccc3c3cc4c(cc32)c2ccccc2n4-c2ccc3c(c2)Oc2nc4ccccc4n2C3(c2ccccc2)c2ccccc2)cc1. The molecule has 0 saturated heterocycles. The zero-order valence-corrected chi connectivity index (χ0v) is 29.7. The van der Waals surface area contributed by atoms with Crippen LogP contribution >= 0.6 is 0 Å². The van der Waals surface area contributed by atoms with Crippen LogP contribution in [0.4, 0.5) is 0 Å². The summed E-state index contributed by atoms with van der Waals surface area (Å²) in [4.78, 5) is 5.11. The topological polar surface area (TPSA) is 36.9 Å². The van der Waals surface area contributed by atoms with E-state index < -0.39 is 5.54 Å². The Morgan fingerprint density at radius 3 is 1.53 bits per heavy atom. The van der Waals surface area contributed by atoms with Gasteiger partial charge in [-0.05, 0) is 65.7 Å². The van der Waals surface area contributed by atoms with Crippen LogP contribution in [0, 0.1) is 0 Å². The van der Waals surface area contributed by atoms with Crippen LogP contribution in [0.3, 0.4) is 0 Å². The van der Waals surface area contributed by atoms with Crippen LogP contribution < -0.4 is 4.74 Å². The average Bonchev–Trinajstić information content (AvgIpc) is 3.90. The Labute approximate surface area is 316 Å². The first kappa shape index (κ1) is 30.1. The Kier molecular flexibility index (Phi) is 6.20. The van der Waals surface area contributed by atoms with Gasteiger partial charge in [-0.15, -0.1) is 0 Å².